The number of oxime groups is 1. The van der Waals surface area contributed by atoms with Crippen LogP contribution in [0.1, 0.15) is 16.0 Å². The maximum Gasteiger partial charge on any atom is 0.170 e. The number of nitrogens with two attached hydrogens (primary N) is 1. The highest BCUT2D eigenvalue weighted by Crippen LogP contribution is 2.22. The Morgan fingerprint density at radius 1 is 1.40 bits per heavy atom. The molecule has 0 amide bonds. The molecule has 0 aliphatic carbocycles. The zero-order chi connectivity index (χ0) is 14.5. The Kier molecular flexibility index (Phi) is 5.11. The van der Waals surface area contributed by atoms with Crippen LogP contribution in [0, 0.1) is 5.82 Å². The van der Waals surface area contributed by atoms with Gasteiger partial charge in [0.25, 0.3) is 0 Å². The van der Waals surface area contributed by atoms with Crippen molar-refractivity contribution >= 4 is 33.1 Å². The molecule has 0 unspecified atom stereocenters. The third kappa shape index (κ3) is 3.56. The zero-order valence-electron chi connectivity index (χ0n) is 10.4. The van der Waals surface area contributed by atoms with Crippen molar-refractivity contribution in [1.29, 1.82) is 0 Å². The molecule has 0 bridgehead atoms. The number of halogens is 2. The number of hydrogen-bond acceptors (Lipinski definition) is 4. The minimum atomic E-state index is -0.420. The summed E-state index contributed by atoms with van der Waals surface area (Å²) in [5, 5.41) is 16.9. The van der Waals surface area contributed by atoms with Crippen LogP contribution in [-0.2, 0) is 13.1 Å². The molecule has 4 nitrogen and oxygen atoms in total. The van der Waals surface area contributed by atoms with Crippen LogP contribution in [0.2, 0.25) is 0 Å². The van der Waals surface area contributed by atoms with Gasteiger partial charge in [-0.1, -0.05) is 11.2 Å². The van der Waals surface area contributed by atoms with Gasteiger partial charge < -0.3 is 16.3 Å². The average molecular weight is 358 g/mol. The summed E-state index contributed by atoms with van der Waals surface area (Å²) in [6, 6.07) is 6.22. The molecular weight excluding hydrogens is 345 g/mol. The van der Waals surface area contributed by atoms with Crippen LogP contribution in [0.5, 0.6) is 0 Å². The molecule has 0 aliphatic rings. The molecule has 0 radical (unpaired) electrons. The van der Waals surface area contributed by atoms with Gasteiger partial charge >= 0.3 is 0 Å². The molecule has 1 aromatic heterocycles. The number of nitrogens with one attached hydrogen (secondary N) is 1. The molecule has 2 aromatic rings. The Morgan fingerprint density at radius 2 is 2.20 bits per heavy atom. The summed E-state index contributed by atoms with van der Waals surface area (Å²) in [7, 11) is 0. The Hall–Kier alpha value is -1.44. The average Bonchev–Trinajstić information content (AvgIpc) is 2.85. The summed E-state index contributed by atoms with van der Waals surface area (Å²) in [5.41, 5.74) is 6.72. The molecule has 20 heavy (non-hydrogen) atoms. The largest absolute Gasteiger partial charge is 0.409 e. The first-order chi connectivity index (χ1) is 9.61. The summed E-state index contributed by atoms with van der Waals surface area (Å²) in [6.45, 7) is 1.18. The normalized spacial score (nSPS) is 11.8. The first-order valence-electron chi connectivity index (χ1n) is 5.80. The van der Waals surface area contributed by atoms with Crippen LogP contribution in [0.25, 0.3) is 0 Å². The summed E-state index contributed by atoms with van der Waals surface area (Å²) < 4.78 is 14.3. The predicted octanol–water partition coefficient (Wildman–Crippen LogP) is 3.03. The van der Waals surface area contributed by atoms with Crippen molar-refractivity contribution < 1.29 is 9.60 Å². The van der Waals surface area contributed by atoms with Crippen LogP contribution in [0.3, 0.4) is 0 Å². The van der Waals surface area contributed by atoms with Gasteiger partial charge in [-0.05, 0) is 45.1 Å². The van der Waals surface area contributed by atoms with Gasteiger partial charge in [-0.3, -0.25) is 0 Å². The molecule has 0 fully saturated rings. The smallest absolute Gasteiger partial charge is 0.170 e. The highest BCUT2D eigenvalue weighted by atomic mass is 79.9. The first-order valence-corrected chi connectivity index (χ1v) is 7.48. The van der Waals surface area contributed by atoms with E-state index >= 15 is 0 Å². The second-order valence-corrected chi connectivity index (χ2v) is 5.94. The summed E-state index contributed by atoms with van der Waals surface area (Å²) in [4.78, 5) is 1.18. The zero-order valence-corrected chi connectivity index (χ0v) is 12.8. The van der Waals surface area contributed by atoms with E-state index in [4.69, 9.17) is 10.9 Å². The van der Waals surface area contributed by atoms with Gasteiger partial charge in [-0.25, -0.2) is 4.39 Å². The maximum absolute atomic E-state index is 13.2. The van der Waals surface area contributed by atoms with Crippen molar-refractivity contribution in [2.75, 3.05) is 0 Å². The minimum Gasteiger partial charge on any atom is -0.409 e. The molecule has 106 valence electrons. The fourth-order valence-corrected chi connectivity index (χ4v) is 3.22. The van der Waals surface area contributed by atoms with Crippen molar-refractivity contribution in [2.45, 2.75) is 13.1 Å². The first kappa shape index (κ1) is 15.0. The molecule has 7 heteroatoms. The van der Waals surface area contributed by atoms with Crippen molar-refractivity contribution in [2.24, 2.45) is 10.9 Å². The molecule has 0 saturated carbocycles. The van der Waals surface area contributed by atoms with Crippen molar-refractivity contribution in [3.8, 4) is 0 Å². The van der Waals surface area contributed by atoms with E-state index in [2.05, 4.69) is 26.4 Å². The standard InChI is InChI=1S/C13H13BrFN3OS/c14-11-3-4-20-12(11)7-17-6-8-1-2-9(15)5-10(8)13(16)18-19/h1-5,17,19H,6-7H2,(H2,16,18). The highest BCUT2D eigenvalue weighted by molar-refractivity contribution is 9.10. The lowest BCUT2D eigenvalue weighted by Crippen LogP contribution is -2.20. The molecule has 0 saturated heterocycles. The van der Waals surface area contributed by atoms with E-state index in [1.807, 2.05) is 11.4 Å². The van der Waals surface area contributed by atoms with E-state index in [0.717, 1.165) is 10.0 Å². The molecule has 0 aliphatic heterocycles. The topological polar surface area (TPSA) is 70.6 Å². The van der Waals surface area contributed by atoms with Gasteiger partial charge in [-0.2, -0.15) is 0 Å². The lowest BCUT2D eigenvalue weighted by Gasteiger charge is -2.09. The number of rotatable bonds is 5. The van der Waals surface area contributed by atoms with Crippen LogP contribution >= 0.6 is 27.3 Å². The fraction of sp³-hybridized carbons (Fsp3) is 0.154. The third-order valence-corrected chi connectivity index (χ3v) is 4.67. The van der Waals surface area contributed by atoms with Crippen LogP contribution < -0.4 is 11.1 Å². The number of nitrogens with zero attached hydrogens (tertiary/aromatic N) is 1. The third-order valence-electron chi connectivity index (χ3n) is 2.75. The predicted molar refractivity (Wildman–Crippen MR) is 81.5 cm³/mol. The summed E-state index contributed by atoms with van der Waals surface area (Å²) in [6.07, 6.45) is 0. The van der Waals surface area contributed by atoms with E-state index < -0.39 is 5.82 Å². The molecule has 0 atom stereocenters. The van der Waals surface area contributed by atoms with Gasteiger partial charge in [0.2, 0.25) is 0 Å². The van der Waals surface area contributed by atoms with E-state index in [9.17, 15) is 4.39 Å². The Labute approximate surface area is 128 Å². The van der Waals surface area contributed by atoms with E-state index in [-0.39, 0.29) is 5.84 Å². The van der Waals surface area contributed by atoms with Gasteiger partial charge in [0.15, 0.2) is 5.84 Å². The van der Waals surface area contributed by atoms with Crippen molar-refractivity contribution in [3.05, 3.63) is 55.9 Å². The number of benzene rings is 1. The molecule has 0 spiro atoms. The number of thiophene rings is 1. The van der Waals surface area contributed by atoms with Crippen LogP contribution in [0.15, 0.2) is 39.3 Å². The lowest BCUT2D eigenvalue weighted by molar-refractivity contribution is 0.318. The molecule has 1 heterocycles. The van der Waals surface area contributed by atoms with Gasteiger partial charge in [-0.15, -0.1) is 11.3 Å². The second kappa shape index (κ2) is 6.83. The minimum absolute atomic E-state index is 0.0985. The van der Waals surface area contributed by atoms with E-state index in [1.165, 1.54) is 17.0 Å². The van der Waals surface area contributed by atoms with E-state index in [0.29, 0.717) is 18.7 Å². The van der Waals surface area contributed by atoms with E-state index in [1.54, 1.807) is 17.4 Å². The molecule has 1 aromatic carbocycles. The molecule has 2 rings (SSSR count). The monoisotopic (exact) mass is 357 g/mol. The molecule has 4 N–H and O–H groups in total. The quantitative estimate of drug-likeness (QED) is 0.333. The van der Waals surface area contributed by atoms with Crippen LogP contribution in [-0.4, -0.2) is 11.0 Å². The fourth-order valence-electron chi connectivity index (χ4n) is 1.76. The Bertz CT molecular complexity index is 630. The highest BCUT2D eigenvalue weighted by Gasteiger charge is 2.09. The lowest BCUT2D eigenvalue weighted by atomic mass is 10.1. The number of hydrogen-bond donors (Lipinski definition) is 3. The van der Waals surface area contributed by atoms with Crippen LogP contribution in [0.4, 0.5) is 4.39 Å². The number of amidine groups is 1. The SMILES string of the molecule is N/C(=N/O)c1cc(F)ccc1CNCc1sccc1Br. The Morgan fingerprint density at radius 3 is 2.85 bits per heavy atom. The molecular formula is C13H13BrFN3OS. The summed E-state index contributed by atoms with van der Waals surface area (Å²) in [5.74, 6) is -0.519. The van der Waals surface area contributed by atoms with Crippen molar-refractivity contribution in [1.82, 2.24) is 5.32 Å². The Balaban J connectivity index is 2.08. The van der Waals surface area contributed by atoms with Gasteiger partial charge in [0.05, 0.1) is 0 Å². The maximum atomic E-state index is 13.2. The van der Waals surface area contributed by atoms with Gasteiger partial charge in [0.1, 0.15) is 5.82 Å². The second-order valence-electron chi connectivity index (χ2n) is 4.08. The van der Waals surface area contributed by atoms with Gasteiger partial charge in [0, 0.05) is 28.0 Å². The summed E-state index contributed by atoms with van der Waals surface area (Å²) >= 11 is 5.10. The van der Waals surface area contributed by atoms with Crippen molar-refractivity contribution in [3.63, 3.8) is 0 Å².